The Kier molecular flexibility index (Phi) is 5.86. The molecule has 7 heteroatoms. The lowest BCUT2D eigenvalue weighted by molar-refractivity contribution is -0.121. The first-order chi connectivity index (χ1) is 12.1. The second-order valence-electron chi connectivity index (χ2n) is 6.82. The highest BCUT2D eigenvalue weighted by atomic mass is 16.2. The summed E-state index contributed by atoms with van der Waals surface area (Å²) in [5.74, 6) is 0.477. The topological polar surface area (TPSA) is 87.6 Å². The van der Waals surface area contributed by atoms with Crippen molar-refractivity contribution in [2.45, 2.75) is 52.0 Å². The maximum Gasteiger partial charge on any atom is 0.241 e. The number of amides is 1. The number of hydrogen-bond acceptors (Lipinski definition) is 4. The molecular weight excluding hydrogens is 316 g/mol. The molecule has 0 aromatic carbocycles. The Morgan fingerprint density at radius 2 is 2.32 bits per heavy atom. The van der Waals surface area contributed by atoms with Crippen molar-refractivity contribution in [3.8, 4) is 0 Å². The van der Waals surface area contributed by atoms with Gasteiger partial charge in [0.05, 0.1) is 5.69 Å². The number of carbonyl (C=O) groups excluding carboxylic acids is 1. The van der Waals surface area contributed by atoms with Gasteiger partial charge < -0.3 is 10.6 Å². The molecule has 1 unspecified atom stereocenters. The molecule has 3 N–H and O–H groups in total. The fraction of sp³-hybridized carbons (Fsp3) is 0.611. The smallest absolute Gasteiger partial charge is 0.241 e. The summed E-state index contributed by atoms with van der Waals surface area (Å²) >= 11 is 0. The highest BCUT2D eigenvalue weighted by Gasteiger charge is 2.19. The molecule has 1 aliphatic heterocycles. The summed E-state index contributed by atoms with van der Waals surface area (Å²) < 4.78 is 1.84. The van der Waals surface area contributed by atoms with Gasteiger partial charge in [0.1, 0.15) is 6.54 Å². The highest BCUT2D eigenvalue weighted by Crippen LogP contribution is 2.22. The third-order valence-electron chi connectivity index (χ3n) is 4.96. The zero-order valence-corrected chi connectivity index (χ0v) is 15.1. The van der Waals surface area contributed by atoms with Crippen LogP contribution in [0.5, 0.6) is 0 Å². The lowest BCUT2D eigenvalue weighted by Crippen LogP contribution is -2.32. The molecule has 7 nitrogen and oxygen atoms in total. The van der Waals surface area contributed by atoms with E-state index >= 15 is 0 Å². The number of rotatable bonds is 7. The summed E-state index contributed by atoms with van der Waals surface area (Å²) in [5.41, 5.74) is 4.58. The van der Waals surface area contributed by atoms with Crippen LogP contribution in [0.15, 0.2) is 12.3 Å². The average Bonchev–Trinajstić information content (AvgIpc) is 3.20. The summed E-state index contributed by atoms with van der Waals surface area (Å²) in [5, 5.41) is 18.0. The first kappa shape index (κ1) is 17.7. The van der Waals surface area contributed by atoms with E-state index in [0.717, 1.165) is 49.4 Å². The van der Waals surface area contributed by atoms with Gasteiger partial charge in [-0.05, 0) is 57.7 Å². The van der Waals surface area contributed by atoms with Crippen LogP contribution in [0.2, 0.25) is 0 Å². The molecule has 1 fully saturated rings. The van der Waals surface area contributed by atoms with Crippen molar-refractivity contribution < 1.29 is 4.79 Å². The van der Waals surface area contributed by atoms with Gasteiger partial charge >= 0.3 is 0 Å². The first-order valence-corrected chi connectivity index (χ1v) is 9.14. The summed E-state index contributed by atoms with van der Waals surface area (Å²) in [6.45, 7) is 7.06. The van der Waals surface area contributed by atoms with Crippen molar-refractivity contribution in [2.75, 3.05) is 19.6 Å². The third-order valence-corrected chi connectivity index (χ3v) is 4.96. The second-order valence-corrected chi connectivity index (χ2v) is 6.82. The molecule has 0 aliphatic carbocycles. The number of H-pyrrole nitrogens is 1. The van der Waals surface area contributed by atoms with E-state index in [-0.39, 0.29) is 5.91 Å². The minimum absolute atomic E-state index is 0.0226. The maximum absolute atomic E-state index is 12.2. The monoisotopic (exact) mass is 344 g/mol. The minimum Gasteiger partial charge on any atom is -0.354 e. The third kappa shape index (κ3) is 4.48. The highest BCUT2D eigenvalue weighted by molar-refractivity contribution is 5.75. The van der Waals surface area contributed by atoms with Crippen LogP contribution >= 0.6 is 0 Å². The van der Waals surface area contributed by atoms with E-state index in [2.05, 4.69) is 25.9 Å². The molecule has 0 radical (unpaired) electrons. The largest absolute Gasteiger partial charge is 0.354 e. The number of aromatic nitrogens is 4. The van der Waals surface area contributed by atoms with E-state index < -0.39 is 0 Å². The Morgan fingerprint density at radius 3 is 3.04 bits per heavy atom. The van der Waals surface area contributed by atoms with Crippen molar-refractivity contribution in [3.63, 3.8) is 0 Å². The lowest BCUT2D eigenvalue weighted by atomic mass is 9.96. The van der Waals surface area contributed by atoms with Crippen molar-refractivity contribution in [1.82, 2.24) is 30.6 Å². The van der Waals surface area contributed by atoms with Crippen molar-refractivity contribution in [1.29, 1.82) is 0 Å². The Hall–Kier alpha value is -2.15. The molecule has 0 spiro atoms. The van der Waals surface area contributed by atoms with Crippen LogP contribution in [-0.2, 0) is 17.8 Å². The van der Waals surface area contributed by atoms with Gasteiger partial charge in [-0.1, -0.05) is 0 Å². The number of nitrogens with zero attached hydrogens (tertiary/aromatic N) is 3. The maximum atomic E-state index is 12.2. The molecule has 2 aromatic rings. The van der Waals surface area contributed by atoms with Gasteiger partial charge in [0.15, 0.2) is 0 Å². The molecule has 3 heterocycles. The van der Waals surface area contributed by atoms with Gasteiger partial charge in [-0.3, -0.25) is 14.6 Å². The number of nitrogens with one attached hydrogen (secondary N) is 3. The predicted molar refractivity (Wildman–Crippen MR) is 96.5 cm³/mol. The van der Waals surface area contributed by atoms with E-state index in [4.69, 9.17) is 0 Å². The van der Waals surface area contributed by atoms with Crippen molar-refractivity contribution in [2.24, 2.45) is 0 Å². The van der Waals surface area contributed by atoms with Crippen LogP contribution in [-0.4, -0.2) is 45.5 Å². The van der Waals surface area contributed by atoms with Gasteiger partial charge in [-0.15, -0.1) is 0 Å². The van der Waals surface area contributed by atoms with E-state index in [0.29, 0.717) is 19.0 Å². The fourth-order valence-corrected chi connectivity index (χ4v) is 3.55. The van der Waals surface area contributed by atoms with Crippen LogP contribution in [0.1, 0.15) is 47.8 Å². The van der Waals surface area contributed by atoms with E-state index in [1.54, 1.807) is 6.20 Å². The second kappa shape index (κ2) is 8.29. The molecule has 1 amide bonds. The van der Waals surface area contributed by atoms with Crippen LogP contribution in [0.25, 0.3) is 0 Å². The zero-order chi connectivity index (χ0) is 17.6. The van der Waals surface area contributed by atoms with Gasteiger partial charge in [0.2, 0.25) is 5.91 Å². The van der Waals surface area contributed by atoms with E-state index in [1.807, 2.05) is 24.6 Å². The molecule has 0 saturated carbocycles. The van der Waals surface area contributed by atoms with Gasteiger partial charge in [-0.2, -0.15) is 10.2 Å². The number of aryl methyl sites for hydroxylation is 2. The Balaban J connectivity index is 1.44. The molecule has 3 rings (SSSR count). The Morgan fingerprint density at radius 1 is 1.44 bits per heavy atom. The summed E-state index contributed by atoms with van der Waals surface area (Å²) in [4.78, 5) is 12.2. The summed E-state index contributed by atoms with van der Waals surface area (Å²) in [6, 6.07) is 2.04. The van der Waals surface area contributed by atoms with Crippen LogP contribution in [0.4, 0.5) is 0 Å². The zero-order valence-electron chi connectivity index (χ0n) is 15.1. The molecule has 1 aliphatic rings. The van der Waals surface area contributed by atoms with Gasteiger partial charge in [-0.25, -0.2) is 0 Å². The van der Waals surface area contributed by atoms with Gasteiger partial charge in [0, 0.05) is 36.6 Å². The Bertz CT molecular complexity index is 679. The summed E-state index contributed by atoms with van der Waals surface area (Å²) in [7, 11) is 0. The molecule has 0 bridgehead atoms. The molecule has 25 heavy (non-hydrogen) atoms. The van der Waals surface area contributed by atoms with Crippen LogP contribution < -0.4 is 10.6 Å². The predicted octanol–water partition coefficient (Wildman–Crippen LogP) is 1.44. The molecule has 1 atom stereocenters. The number of aromatic amines is 1. The molecular formula is C18H28N6O. The SMILES string of the molecule is Cc1n[nH]c(C)c1CCCNC(=O)Cn1nccc1C1CCCNC1. The number of carbonyl (C=O) groups is 1. The standard InChI is InChI=1S/C18H28N6O/c1-13-16(14(2)23-22-13)6-4-9-20-18(25)12-24-17(7-10-21-24)15-5-3-8-19-11-15/h7,10,15,19H,3-6,8-9,11-12H2,1-2H3,(H,20,25)(H,22,23). The van der Waals surface area contributed by atoms with Crippen molar-refractivity contribution in [3.05, 3.63) is 34.9 Å². The van der Waals surface area contributed by atoms with Gasteiger partial charge in [0.25, 0.3) is 0 Å². The minimum atomic E-state index is 0.0226. The molecule has 1 saturated heterocycles. The van der Waals surface area contributed by atoms with Crippen LogP contribution in [0.3, 0.4) is 0 Å². The van der Waals surface area contributed by atoms with Crippen molar-refractivity contribution >= 4 is 5.91 Å². The molecule has 136 valence electrons. The number of hydrogen-bond donors (Lipinski definition) is 3. The van der Waals surface area contributed by atoms with Crippen LogP contribution in [0, 0.1) is 13.8 Å². The number of piperidine rings is 1. The molecule has 2 aromatic heterocycles. The summed E-state index contributed by atoms with van der Waals surface area (Å²) in [6.07, 6.45) is 5.96. The van der Waals surface area contributed by atoms with E-state index in [1.165, 1.54) is 12.0 Å². The Labute approximate surface area is 148 Å². The lowest BCUT2D eigenvalue weighted by Gasteiger charge is -2.23. The average molecular weight is 344 g/mol. The normalized spacial score (nSPS) is 17.6. The first-order valence-electron chi connectivity index (χ1n) is 9.14. The fourth-order valence-electron chi connectivity index (χ4n) is 3.55. The van der Waals surface area contributed by atoms with E-state index in [9.17, 15) is 4.79 Å². The quantitative estimate of drug-likeness (QED) is 0.663.